The molecule has 6 heteroatoms. The second-order valence-corrected chi connectivity index (χ2v) is 11.7. The second kappa shape index (κ2) is 17.4. The first kappa shape index (κ1) is 32.9. The van der Waals surface area contributed by atoms with Crippen molar-refractivity contribution in [1.82, 2.24) is 0 Å². The maximum Gasteiger partial charge on any atom is 0.306 e. The van der Waals surface area contributed by atoms with Gasteiger partial charge in [0.25, 0.3) is 5.92 Å². The number of unbranched alkanes of at least 4 members (excludes halogenated alkanes) is 4. The van der Waals surface area contributed by atoms with Crippen LogP contribution in [-0.2, 0) is 32.3 Å². The lowest BCUT2D eigenvalue weighted by atomic mass is 9.82. The largest absolute Gasteiger partial charge is 0.461 e. The van der Waals surface area contributed by atoms with Crippen LogP contribution in [0.15, 0.2) is 60.7 Å². The Kier molecular flexibility index (Phi) is 13.9. The Morgan fingerprint density at radius 2 is 1.54 bits per heavy atom. The third-order valence-corrected chi connectivity index (χ3v) is 8.52. The summed E-state index contributed by atoms with van der Waals surface area (Å²) in [6.45, 7) is 4.29. The summed E-state index contributed by atoms with van der Waals surface area (Å²) in [6, 6.07) is 19.5. The van der Waals surface area contributed by atoms with E-state index in [0.29, 0.717) is 45.3 Å². The van der Waals surface area contributed by atoms with Gasteiger partial charge in [-0.1, -0.05) is 100 Å². The highest BCUT2D eigenvalue weighted by atomic mass is 19.3. The molecular formula is C35H48F2O4. The molecule has 0 bridgehead atoms. The van der Waals surface area contributed by atoms with Gasteiger partial charge in [0.1, 0.15) is 12.4 Å². The van der Waals surface area contributed by atoms with Crippen LogP contribution in [-0.4, -0.2) is 23.8 Å². The summed E-state index contributed by atoms with van der Waals surface area (Å²) in [5, 5.41) is 0. The lowest BCUT2D eigenvalue weighted by Crippen LogP contribution is -2.29. The monoisotopic (exact) mass is 570 g/mol. The summed E-state index contributed by atoms with van der Waals surface area (Å²) in [4.78, 5) is 25.2. The molecule has 0 amide bonds. The Hall–Kier alpha value is -2.60. The van der Waals surface area contributed by atoms with Crippen molar-refractivity contribution in [2.75, 3.05) is 0 Å². The molecule has 2 aromatic rings. The van der Waals surface area contributed by atoms with Gasteiger partial charge in [0.15, 0.2) is 0 Å². The van der Waals surface area contributed by atoms with Crippen molar-refractivity contribution >= 4 is 11.8 Å². The smallest absolute Gasteiger partial charge is 0.306 e. The SMILES string of the molecule is CCCCC(F)(F)C(C)CC[C@H]1[C@H](OCc2ccccc2)CC(=O)[C@@H]1CCCCCCC(=O)OCc1ccccc1. The summed E-state index contributed by atoms with van der Waals surface area (Å²) < 4.78 is 41.0. The number of hydrogen-bond acceptors (Lipinski definition) is 4. The van der Waals surface area contributed by atoms with Crippen molar-refractivity contribution in [3.05, 3.63) is 71.8 Å². The number of rotatable bonds is 19. The molecule has 0 aromatic heterocycles. The van der Waals surface area contributed by atoms with Crippen LogP contribution in [0.5, 0.6) is 0 Å². The van der Waals surface area contributed by atoms with E-state index in [2.05, 4.69) is 0 Å². The molecule has 3 rings (SSSR count). The molecule has 0 aliphatic heterocycles. The molecule has 226 valence electrons. The number of esters is 1. The van der Waals surface area contributed by atoms with Crippen LogP contribution < -0.4 is 0 Å². The van der Waals surface area contributed by atoms with Gasteiger partial charge in [-0.25, -0.2) is 8.78 Å². The van der Waals surface area contributed by atoms with Crippen LogP contribution in [0.3, 0.4) is 0 Å². The quantitative estimate of drug-likeness (QED) is 0.125. The Bertz CT molecular complexity index is 1030. The molecule has 0 radical (unpaired) electrons. The van der Waals surface area contributed by atoms with E-state index in [1.165, 1.54) is 0 Å². The minimum absolute atomic E-state index is 0.0383. The van der Waals surface area contributed by atoms with Gasteiger partial charge < -0.3 is 9.47 Å². The maximum atomic E-state index is 14.7. The minimum atomic E-state index is -2.68. The number of benzene rings is 2. The molecule has 1 unspecified atom stereocenters. The topological polar surface area (TPSA) is 52.6 Å². The molecule has 1 saturated carbocycles. The fourth-order valence-electron chi connectivity index (χ4n) is 5.83. The molecule has 1 aliphatic rings. The van der Waals surface area contributed by atoms with Gasteiger partial charge in [-0.2, -0.15) is 0 Å². The van der Waals surface area contributed by atoms with Gasteiger partial charge in [-0.15, -0.1) is 0 Å². The van der Waals surface area contributed by atoms with Crippen LogP contribution in [0, 0.1) is 17.8 Å². The lowest BCUT2D eigenvalue weighted by molar-refractivity contribution is -0.145. The predicted molar refractivity (Wildman–Crippen MR) is 158 cm³/mol. The number of ether oxygens (including phenoxy) is 2. The first-order valence-corrected chi connectivity index (χ1v) is 15.6. The molecule has 4 nitrogen and oxygen atoms in total. The van der Waals surface area contributed by atoms with Crippen LogP contribution in [0.4, 0.5) is 8.78 Å². The van der Waals surface area contributed by atoms with Gasteiger partial charge in [0.2, 0.25) is 0 Å². The first-order chi connectivity index (χ1) is 19.8. The van der Waals surface area contributed by atoms with Crippen LogP contribution in [0.25, 0.3) is 0 Å². The van der Waals surface area contributed by atoms with E-state index < -0.39 is 11.8 Å². The summed E-state index contributed by atoms with van der Waals surface area (Å²) in [5.74, 6) is -3.59. The third-order valence-electron chi connectivity index (χ3n) is 8.52. The number of hydrogen-bond donors (Lipinski definition) is 0. The Morgan fingerprint density at radius 1 is 0.902 bits per heavy atom. The highest BCUT2D eigenvalue weighted by Crippen LogP contribution is 2.41. The number of halogens is 2. The molecule has 0 N–H and O–H groups in total. The number of alkyl halides is 2. The van der Waals surface area contributed by atoms with E-state index >= 15 is 0 Å². The highest BCUT2D eigenvalue weighted by Gasteiger charge is 2.44. The Morgan fingerprint density at radius 3 is 2.20 bits per heavy atom. The van der Waals surface area contributed by atoms with Crippen molar-refractivity contribution in [1.29, 1.82) is 0 Å². The van der Waals surface area contributed by atoms with E-state index in [1.54, 1.807) is 6.92 Å². The zero-order valence-corrected chi connectivity index (χ0v) is 24.9. The number of Topliss-reactive ketones (excluding diaryl/α,β-unsaturated/α-hetero) is 1. The molecule has 2 aromatic carbocycles. The molecule has 41 heavy (non-hydrogen) atoms. The summed E-state index contributed by atoms with van der Waals surface area (Å²) in [5.41, 5.74) is 2.02. The summed E-state index contributed by atoms with van der Waals surface area (Å²) >= 11 is 0. The number of carbonyl (C=O) groups is 2. The van der Waals surface area contributed by atoms with E-state index in [-0.39, 0.29) is 36.1 Å². The van der Waals surface area contributed by atoms with Crippen LogP contribution >= 0.6 is 0 Å². The van der Waals surface area contributed by atoms with Crippen LogP contribution in [0.2, 0.25) is 0 Å². The zero-order chi connectivity index (χ0) is 29.5. The standard InChI is InChI=1S/C35H48F2O4/c1-3-4-23-35(36,37)27(2)21-22-31-30(32(38)24-33(31)40-25-28-15-9-7-10-16-28)19-13-5-6-14-20-34(39)41-26-29-17-11-8-12-18-29/h7-12,15-18,27,30-31,33H,3-6,13-14,19-26H2,1-2H3/t27?,30-,31-,33-/m1/s1. The van der Waals surface area contributed by atoms with Crippen molar-refractivity contribution in [3.8, 4) is 0 Å². The van der Waals surface area contributed by atoms with Gasteiger partial charge in [0.05, 0.1) is 12.7 Å². The van der Waals surface area contributed by atoms with Gasteiger partial charge >= 0.3 is 5.97 Å². The second-order valence-electron chi connectivity index (χ2n) is 11.7. The molecule has 0 heterocycles. The van der Waals surface area contributed by atoms with E-state index in [0.717, 1.165) is 49.7 Å². The minimum Gasteiger partial charge on any atom is -0.461 e. The average molecular weight is 571 g/mol. The first-order valence-electron chi connectivity index (χ1n) is 15.6. The predicted octanol–water partition coefficient (Wildman–Crippen LogP) is 9.10. The van der Waals surface area contributed by atoms with E-state index in [9.17, 15) is 18.4 Å². The highest BCUT2D eigenvalue weighted by molar-refractivity contribution is 5.84. The molecule has 0 saturated heterocycles. The van der Waals surface area contributed by atoms with Gasteiger partial charge in [0, 0.05) is 31.1 Å². The lowest BCUT2D eigenvalue weighted by Gasteiger charge is -2.28. The summed E-state index contributed by atoms with van der Waals surface area (Å²) in [7, 11) is 0. The van der Waals surface area contributed by atoms with Gasteiger partial charge in [-0.3, -0.25) is 9.59 Å². The van der Waals surface area contributed by atoms with Crippen LogP contribution in [0.1, 0.15) is 102 Å². The fourth-order valence-corrected chi connectivity index (χ4v) is 5.83. The van der Waals surface area contributed by atoms with Crippen molar-refractivity contribution < 1.29 is 27.8 Å². The van der Waals surface area contributed by atoms with E-state index in [1.807, 2.05) is 67.6 Å². The van der Waals surface area contributed by atoms with Gasteiger partial charge in [-0.05, 0) is 49.1 Å². The molecule has 0 spiro atoms. The van der Waals surface area contributed by atoms with E-state index in [4.69, 9.17) is 9.47 Å². The molecule has 1 aliphatic carbocycles. The molecular weight excluding hydrogens is 522 g/mol. The van der Waals surface area contributed by atoms with Crippen molar-refractivity contribution in [2.45, 2.75) is 116 Å². The maximum absolute atomic E-state index is 14.7. The normalized spacial score (nSPS) is 19.8. The van der Waals surface area contributed by atoms with Crippen molar-refractivity contribution in [2.24, 2.45) is 17.8 Å². The average Bonchev–Trinajstić information content (AvgIpc) is 3.28. The molecule has 4 atom stereocenters. The number of carbonyl (C=O) groups excluding carboxylic acids is 2. The zero-order valence-electron chi connectivity index (χ0n) is 24.9. The summed E-state index contributed by atoms with van der Waals surface area (Å²) in [6.07, 6.45) is 6.86. The third kappa shape index (κ3) is 11.3. The molecule has 1 fully saturated rings. The van der Waals surface area contributed by atoms with Crippen molar-refractivity contribution in [3.63, 3.8) is 0 Å². The Labute approximate surface area is 245 Å². The number of ketones is 1. The fraction of sp³-hybridized carbons (Fsp3) is 0.600. The Balaban J connectivity index is 1.46.